The molecule has 0 aliphatic carbocycles. The molecule has 1 N–H and O–H groups in total. The first-order valence-corrected chi connectivity index (χ1v) is 6.10. The van der Waals surface area contributed by atoms with E-state index in [0.717, 1.165) is 35.1 Å². The molecule has 0 unspecified atom stereocenters. The molecule has 0 saturated heterocycles. The van der Waals surface area contributed by atoms with Gasteiger partial charge in [-0.2, -0.15) is 5.10 Å². The van der Waals surface area contributed by atoms with E-state index in [9.17, 15) is 0 Å². The molecule has 4 heteroatoms. The van der Waals surface area contributed by atoms with Crippen molar-refractivity contribution in [2.24, 2.45) is 0 Å². The van der Waals surface area contributed by atoms with E-state index in [0.29, 0.717) is 0 Å². The second kappa shape index (κ2) is 5.34. The van der Waals surface area contributed by atoms with Crippen molar-refractivity contribution in [3.05, 3.63) is 46.7 Å². The average Bonchev–Trinajstić information content (AvgIpc) is 2.79. The smallest absolute Gasteiger partial charge is 0.0766 e. The van der Waals surface area contributed by atoms with Crippen LogP contribution in [0.1, 0.15) is 18.2 Å². The molecule has 1 aromatic carbocycles. The van der Waals surface area contributed by atoms with Gasteiger partial charge in [0.1, 0.15) is 0 Å². The van der Waals surface area contributed by atoms with Gasteiger partial charge in [-0.15, -0.1) is 0 Å². The number of nitrogens with zero attached hydrogens (tertiary/aromatic N) is 2. The highest BCUT2D eigenvalue weighted by atomic mass is 35.5. The van der Waals surface area contributed by atoms with Crippen LogP contribution in [-0.4, -0.2) is 16.3 Å². The van der Waals surface area contributed by atoms with Crippen molar-refractivity contribution in [3.63, 3.8) is 0 Å². The summed E-state index contributed by atoms with van der Waals surface area (Å²) in [6.45, 7) is 5.81. The van der Waals surface area contributed by atoms with Gasteiger partial charge in [0.15, 0.2) is 0 Å². The normalized spacial score (nSPS) is 10.8. The minimum absolute atomic E-state index is 0.770. The molecule has 0 atom stereocenters. The molecular formula is C13H16ClN3. The van der Waals surface area contributed by atoms with Gasteiger partial charge in [-0.3, -0.25) is 0 Å². The molecule has 0 aliphatic heterocycles. The summed E-state index contributed by atoms with van der Waals surface area (Å²) >= 11 is 6.10. The second-order valence-electron chi connectivity index (χ2n) is 3.97. The second-order valence-corrected chi connectivity index (χ2v) is 4.37. The molecular weight excluding hydrogens is 234 g/mol. The molecule has 2 rings (SSSR count). The van der Waals surface area contributed by atoms with Gasteiger partial charge >= 0.3 is 0 Å². The fourth-order valence-corrected chi connectivity index (χ4v) is 1.75. The van der Waals surface area contributed by atoms with Crippen LogP contribution in [0.3, 0.4) is 0 Å². The van der Waals surface area contributed by atoms with E-state index in [1.165, 1.54) is 0 Å². The lowest BCUT2D eigenvalue weighted by atomic mass is 10.2. The molecule has 0 spiro atoms. The van der Waals surface area contributed by atoms with E-state index < -0.39 is 0 Å². The molecule has 1 aromatic heterocycles. The minimum Gasteiger partial charge on any atom is -0.311 e. The van der Waals surface area contributed by atoms with Crippen LogP contribution in [0.25, 0.3) is 5.69 Å². The molecule has 2 aromatic rings. The topological polar surface area (TPSA) is 29.9 Å². The van der Waals surface area contributed by atoms with Crippen molar-refractivity contribution in [1.82, 2.24) is 15.1 Å². The Morgan fingerprint density at radius 1 is 1.35 bits per heavy atom. The van der Waals surface area contributed by atoms with E-state index in [2.05, 4.69) is 17.3 Å². The zero-order chi connectivity index (χ0) is 12.3. The Bertz CT molecular complexity index is 505. The standard InChI is InChI=1S/C13H16ClN3/c1-3-15-9-11-6-7-17(16-11)12-5-4-10(2)13(14)8-12/h4-8,15H,3,9H2,1-2H3. The Morgan fingerprint density at radius 3 is 2.88 bits per heavy atom. The molecule has 0 radical (unpaired) electrons. The Labute approximate surface area is 106 Å². The third-order valence-corrected chi connectivity index (χ3v) is 3.03. The number of nitrogens with one attached hydrogen (secondary N) is 1. The lowest BCUT2D eigenvalue weighted by Crippen LogP contribution is -2.12. The first-order chi connectivity index (χ1) is 8.20. The summed E-state index contributed by atoms with van der Waals surface area (Å²) in [7, 11) is 0. The summed E-state index contributed by atoms with van der Waals surface area (Å²) in [5.41, 5.74) is 3.10. The van der Waals surface area contributed by atoms with Crippen molar-refractivity contribution in [2.45, 2.75) is 20.4 Å². The van der Waals surface area contributed by atoms with Crippen molar-refractivity contribution in [3.8, 4) is 5.69 Å². The van der Waals surface area contributed by atoms with E-state index in [1.807, 2.05) is 42.1 Å². The van der Waals surface area contributed by atoms with Gasteiger partial charge in [-0.05, 0) is 37.2 Å². The number of hydrogen-bond acceptors (Lipinski definition) is 2. The minimum atomic E-state index is 0.770. The molecule has 0 fully saturated rings. The van der Waals surface area contributed by atoms with E-state index in [1.54, 1.807) is 0 Å². The predicted octanol–water partition coefficient (Wildman–Crippen LogP) is 2.94. The van der Waals surface area contributed by atoms with Crippen LogP contribution in [0.5, 0.6) is 0 Å². The van der Waals surface area contributed by atoms with Crippen molar-refractivity contribution in [1.29, 1.82) is 0 Å². The fraction of sp³-hybridized carbons (Fsp3) is 0.308. The van der Waals surface area contributed by atoms with Crippen LogP contribution < -0.4 is 5.32 Å². The molecule has 3 nitrogen and oxygen atoms in total. The quantitative estimate of drug-likeness (QED) is 0.903. The maximum atomic E-state index is 6.10. The van der Waals surface area contributed by atoms with Gasteiger partial charge in [0, 0.05) is 17.8 Å². The highest BCUT2D eigenvalue weighted by Crippen LogP contribution is 2.19. The average molecular weight is 250 g/mol. The van der Waals surface area contributed by atoms with Gasteiger partial charge in [0.25, 0.3) is 0 Å². The molecule has 0 bridgehead atoms. The van der Waals surface area contributed by atoms with Crippen molar-refractivity contribution >= 4 is 11.6 Å². The summed E-state index contributed by atoms with van der Waals surface area (Å²) in [5.74, 6) is 0. The fourth-order valence-electron chi connectivity index (χ4n) is 1.58. The van der Waals surface area contributed by atoms with Gasteiger partial charge < -0.3 is 5.32 Å². The number of halogens is 1. The van der Waals surface area contributed by atoms with Crippen LogP contribution in [0.4, 0.5) is 0 Å². The van der Waals surface area contributed by atoms with Crippen LogP contribution in [0.2, 0.25) is 5.02 Å². The first kappa shape index (κ1) is 12.1. The number of aromatic nitrogens is 2. The van der Waals surface area contributed by atoms with Gasteiger partial charge in [0.05, 0.1) is 11.4 Å². The Kier molecular flexibility index (Phi) is 3.82. The Morgan fingerprint density at radius 2 is 2.18 bits per heavy atom. The number of hydrogen-bond donors (Lipinski definition) is 1. The molecule has 90 valence electrons. The summed E-state index contributed by atoms with van der Waals surface area (Å²) < 4.78 is 1.85. The number of aryl methyl sites for hydroxylation is 1. The molecule has 0 saturated carbocycles. The lowest BCUT2D eigenvalue weighted by Gasteiger charge is -2.04. The van der Waals surface area contributed by atoms with Crippen LogP contribution >= 0.6 is 11.6 Å². The zero-order valence-electron chi connectivity index (χ0n) is 10.1. The summed E-state index contributed by atoms with van der Waals surface area (Å²) in [5, 5.41) is 8.50. The van der Waals surface area contributed by atoms with Crippen LogP contribution in [-0.2, 0) is 6.54 Å². The van der Waals surface area contributed by atoms with E-state index in [-0.39, 0.29) is 0 Å². The van der Waals surface area contributed by atoms with Gasteiger partial charge in [-0.1, -0.05) is 24.6 Å². The molecule has 1 heterocycles. The summed E-state index contributed by atoms with van der Waals surface area (Å²) in [6.07, 6.45) is 1.95. The largest absolute Gasteiger partial charge is 0.311 e. The predicted molar refractivity (Wildman–Crippen MR) is 70.7 cm³/mol. The molecule has 17 heavy (non-hydrogen) atoms. The molecule has 0 aliphatic rings. The summed E-state index contributed by atoms with van der Waals surface area (Å²) in [6, 6.07) is 7.96. The number of rotatable bonds is 4. The van der Waals surface area contributed by atoms with Crippen LogP contribution in [0.15, 0.2) is 30.5 Å². The van der Waals surface area contributed by atoms with Gasteiger partial charge in [-0.25, -0.2) is 4.68 Å². The molecule has 0 amide bonds. The highest BCUT2D eigenvalue weighted by molar-refractivity contribution is 6.31. The maximum absolute atomic E-state index is 6.10. The lowest BCUT2D eigenvalue weighted by molar-refractivity contribution is 0.696. The Hall–Kier alpha value is -1.32. The Balaban J connectivity index is 2.21. The SMILES string of the molecule is CCNCc1ccn(-c2ccc(C)c(Cl)c2)n1. The summed E-state index contributed by atoms with van der Waals surface area (Å²) in [4.78, 5) is 0. The van der Waals surface area contributed by atoms with Crippen molar-refractivity contribution < 1.29 is 0 Å². The third kappa shape index (κ3) is 2.87. The van der Waals surface area contributed by atoms with E-state index in [4.69, 9.17) is 11.6 Å². The first-order valence-electron chi connectivity index (χ1n) is 5.72. The zero-order valence-corrected chi connectivity index (χ0v) is 10.8. The van der Waals surface area contributed by atoms with Crippen molar-refractivity contribution in [2.75, 3.05) is 6.54 Å². The highest BCUT2D eigenvalue weighted by Gasteiger charge is 2.02. The monoisotopic (exact) mass is 249 g/mol. The van der Waals surface area contributed by atoms with Gasteiger partial charge in [0.2, 0.25) is 0 Å². The van der Waals surface area contributed by atoms with E-state index >= 15 is 0 Å². The van der Waals surface area contributed by atoms with Crippen LogP contribution in [0, 0.1) is 6.92 Å². The number of benzene rings is 1. The maximum Gasteiger partial charge on any atom is 0.0766 e. The third-order valence-electron chi connectivity index (χ3n) is 2.62.